The molecule has 0 radical (unpaired) electrons. The number of rotatable bonds is 67. The van der Waals surface area contributed by atoms with Crippen molar-refractivity contribution in [2.75, 3.05) is 39.6 Å². The fourth-order valence-electron chi connectivity index (χ4n) is 10.5. The van der Waals surface area contributed by atoms with Crippen molar-refractivity contribution in [2.45, 2.75) is 363 Å². The fourth-order valence-corrected chi connectivity index (χ4v) is 12.0. The van der Waals surface area contributed by atoms with Gasteiger partial charge in [-0.25, -0.2) is 9.13 Å². The number of aliphatic hydroxyl groups excluding tert-OH is 1. The molecule has 4 unspecified atom stereocenters. The number of esters is 4. The van der Waals surface area contributed by atoms with Crippen LogP contribution in [0, 0.1) is 23.7 Å². The van der Waals surface area contributed by atoms with E-state index in [1.165, 1.54) is 141 Å². The molecule has 0 aliphatic rings. The zero-order chi connectivity index (χ0) is 66.1. The van der Waals surface area contributed by atoms with Gasteiger partial charge in [0.05, 0.1) is 26.4 Å². The Hall–Kier alpha value is -1.94. The largest absolute Gasteiger partial charge is 0.472 e. The van der Waals surface area contributed by atoms with E-state index >= 15 is 0 Å². The van der Waals surface area contributed by atoms with Gasteiger partial charge in [0.1, 0.15) is 19.3 Å². The standard InChI is InChI=1S/C70H136O17P2/c1-9-63(8)49-41-33-24-18-15-16-19-25-34-42-50-67(72)80-56-65(86-69(74)52-44-36-26-20-14-12-10-11-13-17-22-30-38-46-60(2)3)58-84-88(76,77)82-54-64(71)55-83-89(78,79)85-59-66(87-70(75)53-45-37-29-28-32-40-48-62(6)7)57-81-68(73)51-43-35-27-21-23-31-39-47-61(4)5/h60-66,71H,9-59H2,1-8H3,(H,76,77)(H,78,79)/t63?,64?,65-,66-/m1/s1. The van der Waals surface area contributed by atoms with Crippen LogP contribution in [-0.4, -0.2) is 96.7 Å². The molecule has 0 spiro atoms. The van der Waals surface area contributed by atoms with Gasteiger partial charge in [-0.15, -0.1) is 0 Å². The number of aliphatic hydroxyl groups is 1. The first-order valence-corrected chi connectivity index (χ1v) is 39.2. The molecule has 19 heteroatoms. The molecule has 528 valence electrons. The monoisotopic (exact) mass is 1310 g/mol. The molecule has 89 heavy (non-hydrogen) atoms. The molecule has 17 nitrogen and oxygen atoms in total. The summed E-state index contributed by atoms with van der Waals surface area (Å²) < 4.78 is 68.2. The summed E-state index contributed by atoms with van der Waals surface area (Å²) in [5, 5.41) is 10.6. The highest BCUT2D eigenvalue weighted by Crippen LogP contribution is 2.45. The maximum atomic E-state index is 13.0. The first kappa shape index (κ1) is 87.1. The van der Waals surface area contributed by atoms with E-state index < -0.39 is 97.5 Å². The lowest BCUT2D eigenvalue weighted by Crippen LogP contribution is -2.30. The Bertz CT molecular complexity index is 1770. The lowest BCUT2D eigenvalue weighted by atomic mass is 9.99. The summed E-state index contributed by atoms with van der Waals surface area (Å²) in [5.41, 5.74) is 0. The molecule has 0 aliphatic heterocycles. The Kier molecular flexibility index (Phi) is 58.5. The second-order valence-electron chi connectivity index (χ2n) is 26.9. The third-order valence-corrected chi connectivity index (χ3v) is 18.3. The van der Waals surface area contributed by atoms with Crippen molar-refractivity contribution in [2.24, 2.45) is 23.7 Å². The van der Waals surface area contributed by atoms with E-state index in [0.717, 1.165) is 108 Å². The first-order chi connectivity index (χ1) is 42.6. The average Bonchev–Trinajstić information content (AvgIpc) is 3.69. The van der Waals surface area contributed by atoms with Gasteiger partial charge in [0.2, 0.25) is 0 Å². The van der Waals surface area contributed by atoms with Crippen LogP contribution in [0.2, 0.25) is 0 Å². The minimum absolute atomic E-state index is 0.101. The maximum Gasteiger partial charge on any atom is 0.472 e. The molecule has 0 aromatic rings. The number of unbranched alkanes of at least 4 members (excludes halogenated alkanes) is 32. The van der Waals surface area contributed by atoms with Crippen molar-refractivity contribution >= 4 is 39.5 Å². The zero-order valence-electron chi connectivity index (χ0n) is 58.1. The molecule has 0 bridgehead atoms. The molecule has 3 N–H and O–H groups in total. The molecule has 0 saturated carbocycles. The lowest BCUT2D eigenvalue weighted by Gasteiger charge is -2.21. The van der Waals surface area contributed by atoms with E-state index in [4.69, 9.17) is 37.0 Å². The predicted molar refractivity (Wildman–Crippen MR) is 358 cm³/mol. The summed E-state index contributed by atoms with van der Waals surface area (Å²) >= 11 is 0. The first-order valence-electron chi connectivity index (χ1n) is 36.2. The highest BCUT2D eigenvalue weighted by Gasteiger charge is 2.30. The van der Waals surface area contributed by atoms with E-state index in [-0.39, 0.29) is 25.7 Å². The Morgan fingerprint density at radius 3 is 0.798 bits per heavy atom. The molecule has 0 fully saturated rings. The van der Waals surface area contributed by atoms with E-state index in [0.29, 0.717) is 37.5 Å². The molecule has 0 aliphatic carbocycles. The Labute approximate surface area is 543 Å². The third-order valence-electron chi connectivity index (χ3n) is 16.4. The topological polar surface area (TPSA) is 237 Å². The summed E-state index contributed by atoms with van der Waals surface area (Å²) in [6.07, 6.45) is 41.9. The summed E-state index contributed by atoms with van der Waals surface area (Å²) in [7, 11) is -9.90. The molecule has 0 aromatic carbocycles. The van der Waals surface area contributed by atoms with E-state index in [1.54, 1.807) is 0 Å². The quantitative estimate of drug-likeness (QED) is 0.0222. The number of phosphoric acid groups is 2. The molecule has 6 atom stereocenters. The molecular formula is C70H136O17P2. The van der Waals surface area contributed by atoms with Crippen LogP contribution < -0.4 is 0 Å². The van der Waals surface area contributed by atoms with Crippen molar-refractivity contribution in [1.82, 2.24) is 0 Å². The zero-order valence-corrected chi connectivity index (χ0v) is 59.8. The van der Waals surface area contributed by atoms with E-state index in [9.17, 15) is 43.2 Å². The Balaban J connectivity index is 5.24. The van der Waals surface area contributed by atoms with Gasteiger partial charge in [-0.05, 0) is 49.4 Å². The van der Waals surface area contributed by atoms with Crippen LogP contribution >= 0.6 is 15.6 Å². The molecule has 0 heterocycles. The maximum absolute atomic E-state index is 13.0. The van der Waals surface area contributed by atoms with Gasteiger partial charge in [0.25, 0.3) is 0 Å². The summed E-state index contributed by atoms with van der Waals surface area (Å²) in [6, 6.07) is 0. The SMILES string of the molecule is CCC(C)CCCCCCCCCCCCC(=O)OC[C@H](COP(=O)(O)OCC(O)COP(=O)(O)OC[C@@H](COC(=O)CCCCCCCCCC(C)C)OC(=O)CCCCCCCCC(C)C)OC(=O)CCCCCCCCCCCCCCCC(C)C. The Morgan fingerprint density at radius 1 is 0.315 bits per heavy atom. The average molecular weight is 1310 g/mol. The molecule has 0 aromatic heterocycles. The number of hydrogen-bond acceptors (Lipinski definition) is 15. The minimum atomic E-state index is -4.95. The van der Waals surface area contributed by atoms with Crippen molar-refractivity contribution in [3.8, 4) is 0 Å². The van der Waals surface area contributed by atoms with Gasteiger partial charge in [-0.1, -0.05) is 293 Å². The third kappa shape index (κ3) is 63.2. The number of carbonyl (C=O) groups excluding carboxylic acids is 4. The lowest BCUT2D eigenvalue weighted by molar-refractivity contribution is -0.161. The smallest absolute Gasteiger partial charge is 0.462 e. The van der Waals surface area contributed by atoms with Gasteiger partial charge in [-0.3, -0.25) is 37.3 Å². The van der Waals surface area contributed by atoms with Crippen molar-refractivity contribution < 1.29 is 80.2 Å². The van der Waals surface area contributed by atoms with Crippen LogP contribution in [0.1, 0.15) is 344 Å². The predicted octanol–water partition coefficient (Wildman–Crippen LogP) is 19.7. The fraction of sp³-hybridized carbons (Fsp3) is 0.943. The van der Waals surface area contributed by atoms with Crippen LogP contribution in [-0.2, 0) is 65.4 Å². The number of hydrogen-bond donors (Lipinski definition) is 3. The normalized spacial score (nSPS) is 14.6. The highest BCUT2D eigenvalue weighted by molar-refractivity contribution is 7.47. The number of ether oxygens (including phenoxy) is 4. The van der Waals surface area contributed by atoms with Crippen molar-refractivity contribution in [3.63, 3.8) is 0 Å². The van der Waals surface area contributed by atoms with Crippen LogP contribution in [0.4, 0.5) is 0 Å². The summed E-state index contributed by atoms with van der Waals surface area (Å²) in [6.45, 7) is 14.0. The van der Waals surface area contributed by atoms with Gasteiger partial charge in [0.15, 0.2) is 12.2 Å². The van der Waals surface area contributed by atoms with Gasteiger partial charge < -0.3 is 33.8 Å². The van der Waals surface area contributed by atoms with E-state index in [2.05, 4.69) is 55.4 Å². The summed E-state index contributed by atoms with van der Waals surface area (Å²) in [4.78, 5) is 72.5. The second-order valence-corrected chi connectivity index (χ2v) is 29.8. The molecule has 0 amide bonds. The number of carbonyl (C=O) groups is 4. The van der Waals surface area contributed by atoms with Gasteiger partial charge in [0, 0.05) is 25.7 Å². The van der Waals surface area contributed by atoms with Crippen LogP contribution in [0.5, 0.6) is 0 Å². The van der Waals surface area contributed by atoms with E-state index in [1.807, 2.05) is 0 Å². The minimum Gasteiger partial charge on any atom is -0.462 e. The molecular weight excluding hydrogens is 1170 g/mol. The highest BCUT2D eigenvalue weighted by atomic mass is 31.2. The van der Waals surface area contributed by atoms with Crippen molar-refractivity contribution in [3.05, 3.63) is 0 Å². The second kappa shape index (κ2) is 59.8. The summed E-state index contributed by atoms with van der Waals surface area (Å²) in [5.74, 6) is 0.837. The van der Waals surface area contributed by atoms with Crippen molar-refractivity contribution in [1.29, 1.82) is 0 Å². The Morgan fingerprint density at radius 2 is 0.539 bits per heavy atom. The van der Waals surface area contributed by atoms with Crippen LogP contribution in [0.15, 0.2) is 0 Å². The van der Waals surface area contributed by atoms with Gasteiger partial charge >= 0.3 is 39.5 Å². The number of phosphoric ester groups is 2. The molecule has 0 rings (SSSR count). The molecule has 0 saturated heterocycles. The van der Waals surface area contributed by atoms with Crippen LogP contribution in [0.25, 0.3) is 0 Å². The van der Waals surface area contributed by atoms with Crippen LogP contribution in [0.3, 0.4) is 0 Å². The van der Waals surface area contributed by atoms with Gasteiger partial charge in [-0.2, -0.15) is 0 Å².